The maximum Gasteiger partial charge on any atom is 0.336 e. The molecule has 2 amide bonds. The number of carbonyl (C=O) groups excluding carboxylic acids is 1. The fourth-order valence-electron chi connectivity index (χ4n) is 5.33. The van der Waals surface area contributed by atoms with Crippen molar-refractivity contribution in [2.24, 2.45) is 0 Å². The summed E-state index contributed by atoms with van der Waals surface area (Å²) < 4.78 is 41.0. The summed E-state index contributed by atoms with van der Waals surface area (Å²) in [5, 5.41) is 15.1. The monoisotopic (exact) mass is 590 g/mol. The molecule has 7 rings (SSSR count). The van der Waals surface area contributed by atoms with E-state index in [0.29, 0.717) is 11.2 Å². The van der Waals surface area contributed by atoms with E-state index in [1.807, 2.05) is 30.3 Å². The molecule has 4 aromatic rings. The lowest BCUT2D eigenvalue weighted by Gasteiger charge is -2.21. The fraction of sp³-hybridized carbons (Fsp3) is 0.345. The molecule has 2 aliphatic heterocycles. The van der Waals surface area contributed by atoms with Crippen molar-refractivity contribution in [1.29, 1.82) is 0 Å². The van der Waals surface area contributed by atoms with Crippen molar-refractivity contribution in [3.63, 3.8) is 0 Å². The zero-order valence-corrected chi connectivity index (χ0v) is 22.6. The van der Waals surface area contributed by atoms with E-state index in [0.717, 1.165) is 18.4 Å². The average Bonchev–Trinajstić information content (AvgIpc) is 3.39. The Morgan fingerprint density at radius 1 is 1.02 bits per heavy atom. The van der Waals surface area contributed by atoms with Crippen LogP contribution in [0, 0.1) is 5.82 Å². The van der Waals surface area contributed by atoms with Crippen LogP contribution < -0.4 is 10.6 Å². The van der Waals surface area contributed by atoms with Gasteiger partial charge in [0.25, 0.3) is 0 Å². The molecule has 0 bridgehead atoms. The minimum absolute atomic E-state index is 0.0360. The number of benzene rings is 2. The largest absolute Gasteiger partial charge is 0.478 e. The van der Waals surface area contributed by atoms with E-state index >= 15 is 0 Å². The van der Waals surface area contributed by atoms with Crippen molar-refractivity contribution >= 4 is 29.0 Å². The van der Waals surface area contributed by atoms with Gasteiger partial charge in [-0.3, -0.25) is 9.88 Å². The summed E-state index contributed by atoms with van der Waals surface area (Å²) in [5.74, 6) is -1.67. The number of aromatic carboxylic acids is 1. The Hall–Kier alpha value is -4.50. The van der Waals surface area contributed by atoms with E-state index < -0.39 is 42.6 Å². The Kier molecular flexibility index (Phi) is 7.18. The van der Waals surface area contributed by atoms with Gasteiger partial charge in [0.15, 0.2) is 29.5 Å². The average molecular weight is 591 g/mol. The molecule has 4 heterocycles. The van der Waals surface area contributed by atoms with Gasteiger partial charge in [-0.1, -0.05) is 36.4 Å². The van der Waals surface area contributed by atoms with Crippen LogP contribution in [-0.2, 0) is 25.6 Å². The maximum absolute atomic E-state index is 14.5. The van der Waals surface area contributed by atoms with Crippen LogP contribution in [0.3, 0.4) is 0 Å². The van der Waals surface area contributed by atoms with Gasteiger partial charge in [-0.25, -0.2) is 28.9 Å². The Balaban J connectivity index is 1.14. The highest BCUT2D eigenvalue weighted by Gasteiger charge is 2.54. The second-order valence-electron chi connectivity index (χ2n) is 10.5. The number of ether oxygens (including phenoxy) is 4. The Labute approximate surface area is 244 Å². The summed E-state index contributed by atoms with van der Waals surface area (Å²) >= 11 is 0. The molecule has 43 heavy (non-hydrogen) atoms. The number of nitrogens with one attached hydrogen (secondary N) is 2. The Bertz CT molecular complexity index is 1670. The predicted molar refractivity (Wildman–Crippen MR) is 146 cm³/mol. The SMILES string of the molecule is O=C(Nc1ncnc2c1ncn2C1OC(COCc2c(F)cccc2C(=O)O)C2O[C@@H](c3ccccc3)OC21)NC1CC1. The third-order valence-corrected chi connectivity index (χ3v) is 7.57. The van der Waals surface area contributed by atoms with Crippen molar-refractivity contribution in [3.8, 4) is 0 Å². The van der Waals surface area contributed by atoms with Crippen molar-refractivity contribution in [3.05, 3.63) is 83.7 Å². The van der Waals surface area contributed by atoms with Crippen LogP contribution in [-0.4, -0.2) is 67.6 Å². The number of hydrogen-bond acceptors (Lipinski definition) is 9. The molecule has 3 aliphatic rings. The number of hydrogen-bond donors (Lipinski definition) is 3. The molecule has 5 atom stereocenters. The van der Waals surface area contributed by atoms with E-state index in [1.54, 1.807) is 4.57 Å². The molecule has 1 aliphatic carbocycles. The van der Waals surface area contributed by atoms with E-state index in [4.69, 9.17) is 18.9 Å². The third-order valence-electron chi connectivity index (χ3n) is 7.57. The lowest BCUT2D eigenvalue weighted by atomic mass is 10.1. The highest BCUT2D eigenvalue weighted by molar-refractivity contribution is 5.96. The van der Waals surface area contributed by atoms with Crippen molar-refractivity contribution in [1.82, 2.24) is 24.8 Å². The maximum atomic E-state index is 14.5. The molecule has 3 fully saturated rings. The second kappa shape index (κ2) is 11.3. The van der Waals surface area contributed by atoms with Gasteiger partial charge < -0.3 is 29.4 Å². The summed E-state index contributed by atoms with van der Waals surface area (Å²) in [7, 11) is 0. The van der Waals surface area contributed by atoms with Crippen molar-refractivity contribution < 1.29 is 38.0 Å². The summed E-state index contributed by atoms with van der Waals surface area (Å²) in [4.78, 5) is 37.0. The molecule has 0 spiro atoms. The number of carbonyl (C=O) groups is 2. The van der Waals surface area contributed by atoms with Crippen LogP contribution in [0.4, 0.5) is 15.0 Å². The van der Waals surface area contributed by atoms with E-state index in [1.165, 1.54) is 30.9 Å². The second-order valence-corrected chi connectivity index (χ2v) is 10.5. The Morgan fingerprint density at radius 2 is 1.84 bits per heavy atom. The number of imidazole rings is 1. The van der Waals surface area contributed by atoms with Crippen LogP contribution in [0.2, 0.25) is 0 Å². The lowest BCUT2D eigenvalue weighted by Crippen LogP contribution is -2.31. The smallest absolute Gasteiger partial charge is 0.336 e. The first kappa shape index (κ1) is 27.3. The number of rotatable bonds is 9. The van der Waals surface area contributed by atoms with Crippen LogP contribution in [0.25, 0.3) is 11.2 Å². The zero-order valence-electron chi connectivity index (χ0n) is 22.6. The Morgan fingerprint density at radius 3 is 2.63 bits per heavy atom. The quantitative estimate of drug-likeness (QED) is 0.263. The number of halogens is 1. The van der Waals surface area contributed by atoms with Crippen LogP contribution >= 0.6 is 0 Å². The minimum atomic E-state index is -1.25. The normalized spacial score (nSPS) is 24.6. The van der Waals surface area contributed by atoms with Gasteiger partial charge in [0.1, 0.15) is 30.5 Å². The van der Waals surface area contributed by atoms with Crippen molar-refractivity contribution in [2.75, 3.05) is 11.9 Å². The number of carboxylic acids is 1. The first-order valence-electron chi connectivity index (χ1n) is 13.8. The number of amides is 2. The molecule has 14 heteroatoms. The molecule has 222 valence electrons. The van der Waals surface area contributed by atoms with Gasteiger partial charge in [-0.2, -0.15) is 0 Å². The van der Waals surface area contributed by atoms with Crippen LogP contribution in [0.5, 0.6) is 0 Å². The highest BCUT2D eigenvalue weighted by Crippen LogP contribution is 2.45. The number of urea groups is 1. The summed E-state index contributed by atoms with van der Waals surface area (Å²) in [6, 6.07) is 13.1. The molecule has 2 aromatic heterocycles. The minimum Gasteiger partial charge on any atom is -0.478 e. The van der Waals surface area contributed by atoms with Gasteiger partial charge in [-0.15, -0.1) is 0 Å². The molecular formula is C29H27FN6O7. The molecule has 0 radical (unpaired) electrons. The van der Waals surface area contributed by atoms with Crippen LogP contribution in [0.15, 0.2) is 61.2 Å². The molecule has 1 saturated carbocycles. The van der Waals surface area contributed by atoms with Crippen LogP contribution in [0.1, 0.15) is 46.8 Å². The molecule has 13 nitrogen and oxygen atoms in total. The first-order valence-corrected chi connectivity index (χ1v) is 13.8. The number of fused-ring (bicyclic) bond motifs is 2. The van der Waals surface area contributed by atoms with E-state index in [9.17, 15) is 19.1 Å². The molecular weight excluding hydrogens is 563 g/mol. The third kappa shape index (κ3) is 5.41. The number of nitrogens with zero attached hydrogens (tertiary/aromatic N) is 4. The zero-order chi connectivity index (χ0) is 29.5. The van der Waals surface area contributed by atoms with Gasteiger partial charge in [0.05, 0.1) is 25.1 Å². The number of carboxylic acid groups (broad SMARTS) is 1. The summed E-state index contributed by atoms with van der Waals surface area (Å²) in [5.41, 5.74) is 1.36. The van der Waals surface area contributed by atoms with Gasteiger partial charge in [-0.05, 0) is 25.0 Å². The van der Waals surface area contributed by atoms with Crippen molar-refractivity contribution in [2.45, 2.75) is 56.3 Å². The predicted octanol–water partition coefficient (Wildman–Crippen LogP) is 3.54. The molecule has 2 aromatic carbocycles. The number of aromatic nitrogens is 4. The van der Waals surface area contributed by atoms with Gasteiger partial charge in [0, 0.05) is 17.2 Å². The first-order chi connectivity index (χ1) is 21.0. The lowest BCUT2D eigenvalue weighted by molar-refractivity contribution is -0.158. The molecule has 4 unspecified atom stereocenters. The summed E-state index contributed by atoms with van der Waals surface area (Å²) in [6.45, 7) is -0.315. The van der Waals surface area contributed by atoms with E-state index in [2.05, 4.69) is 25.6 Å². The van der Waals surface area contributed by atoms with E-state index in [-0.39, 0.29) is 42.2 Å². The van der Waals surface area contributed by atoms with Gasteiger partial charge in [0.2, 0.25) is 0 Å². The summed E-state index contributed by atoms with van der Waals surface area (Å²) in [6.07, 6.45) is 1.47. The standard InChI is InChI=1S/C29H27FN6O7/c30-19-8-4-7-17(27(37)38)18(19)11-40-12-20-22-23(43-28(42-22)15-5-2-1-3-6-15)26(41-20)36-14-33-21-24(31-13-32-25(21)36)35-29(39)34-16-9-10-16/h1-8,13-14,16,20,22-23,26,28H,9-12H2,(H,37,38)(H2,31,32,34,35,39)/t20?,22?,23?,26?,28-/m1/s1. The van der Waals surface area contributed by atoms with Gasteiger partial charge >= 0.3 is 12.0 Å². The molecule has 2 saturated heterocycles. The fourth-order valence-corrected chi connectivity index (χ4v) is 5.33. The number of anilines is 1. The molecule has 3 N–H and O–H groups in total. The highest BCUT2D eigenvalue weighted by atomic mass is 19.1. The topological polar surface area (TPSA) is 159 Å².